The van der Waals surface area contributed by atoms with Crippen LogP contribution in [-0.4, -0.2) is 24.1 Å². The van der Waals surface area contributed by atoms with Crippen molar-refractivity contribution in [3.8, 4) is 56.7 Å². The minimum absolute atomic E-state index is 0.617. The lowest BCUT2D eigenvalue weighted by molar-refractivity contribution is 1.06. The molecule has 4 heterocycles. The number of thiophene rings is 1. The van der Waals surface area contributed by atoms with Crippen molar-refractivity contribution in [2.24, 2.45) is 0 Å². The van der Waals surface area contributed by atoms with Gasteiger partial charge in [0.15, 0.2) is 17.5 Å². The Balaban J connectivity index is 1.04. The molecular formula is C57H35N5S. The van der Waals surface area contributed by atoms with Crippen LogP contribution in [0.4, 0.5) is 0 Å². The highest BCUT2D eigenvalue weighted by Gasteiger charge is 2.23. The lowest BCUT2D eigenvalue weighted by Gasteiger charge is -2.15. The zero-order chi connectivity index (χ0) is 41.4. The topological polar surface area (TPSA) is 48.5 Å². The minimum Gasteiger partial charge on any atom is -0.309 e. The molecule has 0 spiro atoms. The highest BCUT2D eigenvalue weighted by molar-refractivity contribution is 7.25. The van der Waals surface area contributed by atoms with Crippen molar-refractivity contribution in [2.75, 3.05) is 0 Å². The summed E-state index contributed by atoms with van der Waals surface area (Å²) in [4.78, 5) is 15.7. The first-order valence-corrected chi connectivity index (χ1v) is 22.0. The monoisotopic (exact) mass is 821 g/mol. The molecule has 13 rings (SSSR count). The van der Waals surface area contributed by atoms with E-state index in [0.717, 1.165) is 39.1 Å². The van der Waals surface area contributed by atoms with E-state index >= 15 is 0 Å². The molecule has 0 bridgehead atoms. The standard InChI is InChI=1S/C57H35N5S/c1-3-17-36(18-4-1)55-58-56(37-33-34-40-39-21-10-14-32-51(39)63-52(40)35-37)60-57(59-55)45-24-9-13-29-48(45)62-47-28-12-8-23-44(47)54-42(26-16-31-50(54)62)41-25-15-30-49-53(41)43-22-7-11-27-46(43)61(49)38-19-5-2-6-20-38/h1-35H. The Morgan fingerprint density at radius 1 is 0.317 bits per heavy atom. The summed E-state index contributed by atoms with van der Waals surface area (Å²) in [6.07, 6.45) is 0. The van der Waals surface area contributed by atoms with E-state index in [2.05, 4.69) is 203 Å². The molecule has 0 radical (unpaired) electrons. The molecule has 0 aliphatic heterocycles. The predicted octanol–water partition coefficient (Wildman–Crippen LogP) is 15.1. The maximum atomic E-state index is 5.31. The molecule has 0 atom stereocenters. The fourth-order valence-corrected chi connectivity index (χ4v) is 10.8. The first kappa shape index (κ1) is 35.6. The SMILES string of the molecule is c1ccc(-c2nc(-c3ccc4c(c3)sc3ccccc34)nc(-c3ccccc3-n3c4ccccc4c4c(-c5cccc6c5c5ccccc5n6-c5ccccc5)cccc43)n2)cc1. The van der Waals surface area contributed by atoms with Crippen molar-refractivity contribution in [1.29, 1.82) is 0 Å². The molecule has 294 valence electrons. The minimum atomic E-state index is 0.617. The molecule has 0 saturated heterocycles. The molecule has 0 aliphatic carbocycles. The van der Waals surface area contributed by atoms with Crippen LogP contribution in [0.2, 0.25) is 0 Å². The molecule has 13 aromatic rings. The summed E-state index contributed by atoms with van der Waals surface area (Å²) in [6, 6.07) is 75.6. The van der Waals surface area contributed by atoms with Gasteiger partial charge in [0.25, 0.3) is 0 Å². The van der Waals surface area contributed by atoms with E-state index in [1.807, 2.05) is 18.2 Å². The molecule has 4 aromatic heterocycles. The van der Waals surface area contributed by atoms with E-state index in [4.69, 9.17) is 15.0 Å². The number of rotatable bonds is 6. The molecule has 63 heavy (non-hydrogen) atoms. The average Bonchev–Trinajstić information content (AvgIpc) is 4.02. The van der Waals surface area contributed by atoms with Crippen molar-refractivity contribution in [1.82, 2.24) is 24.1 Å². The van der Waals surface area contributed by atoms with Crippen LogP contribution < -0.4 is 0 Å². The molecular weight excluding hydrogens is 787 g/mol. The van der Waals surface area contributed by atoms with Gasteiger partial charge in [-0.1, -0.05) is 152 Å². The fourth-order valence-electron chi connectivity index (χ4n) is 9.67. The summed E-state index contributed by atoms with van der Waals surface area (Å²) in [5.74, 6) is 1.89. The third kappa shape index (κ3) is 5.59. The highest BCUT2D eigenvalue weighted by Crippen LogP contribution is 2.45. The Morgan fingerprint density at radius 3 is 1.56 bits per heavy atom. The number of fused-ring (bicyclic) bond motifs is 9. The lowest BCUT2D eigenvalue weighted by atomic mass is 9.95. The van der Waals surface area contributed by atoms with E-state index in [-0.39, 0.29) is 0 Å². The number of hydrogen-bond acceptors (Lipinski definition) is 4. The Labute approximate surface area is 366 Å². The van der Waals surface area contributed by atoms with Gasteiger partial charge in [0, 0.05) is 64.1 Å². The van der Waals surface area contributed by atoms with E-state index in [1.54, 1.807) is 11.3 Å². The molecule has 0 N–H and O–H groups in total. The number of para-hydroxylation sites is 4. The fraction of sp³-hybridized carbons (Fsp3) is 0. The van der Waals surface area contributed by atoms with Gasteiger partial charge in [0.2, 0.25) is 0 Å². The van der Waals surface area contributed by atoms with Gasteiger partial charge in [0.05, 0.1) is 27.8 Å². The summed E-state index contributed by atoms with van der Waals surface area (Å²) in [7, 11) is 0. The lowest BCUT2D eigenvalue weighted by Crippen LogP contribution is -2.03. The predicted molar refractivity (Wildman–Crippen MR) is 263 cm³/mol. The first-order valence-electron chi connectivity index (χ1n) is 21.2. The average molecular weight is 822 g/mol. The van der Waals surface area contributed by atoms with Gasteiger partial charge in [-0.3, -0.25) is 0 Å². The number of benzene rings is 9. The van der Waals surface area contributed by atoms with Gasteiger partial charge >= 0.3 is 0 Å². The second-order valence-corrected chi connectivity index (χ2v) is 17.0. The van der Waals surface area contributed by atoms with Crippen molar-refractivity contribution < 1.29 is 0 Å². The quantitative estimate of drug-likeness (QED) is 0.168. The van der Waals surface area contributed by atoms with Gasteiger partial charge in [0.1, 0.15) is 0 Å². The first-order chi connectivity index (χ1) is 31.3. The van der Waals surface area contributed by atoms with Crippen molar-refractivity contribution in [3.63, 3.8) is 0 Å². The van der Waals surface area contributed by atoms with Gasteiger partial charge < -0.3 is 9.13 Å². The molecule has 0 fully saturated rings. The smallest absolute Gasteiger partial charge is 0.166 e. The third-order valence-electron chi connectivity index (χ3n) is 12.4. The van der Waals surface area contributed by atoms with Gasteiger partial charge in [-0.15, -0.1) is 11.3 Å². The second-order valence-electron chi connectivity index (χ2n) is 15.9. The van der Waals surface area contributed by atoms with Crippen molar-refractivity contribution in [3.05, 3.63) is 212 Å². The number of hydrogen-bond donors (Lipinski definition) is 0. The van der Waals surface area contributed by atoms with Crippen LogP contribution >= 0.6 is 11.3 Å². The normalized spacial score (nSPS) is 11.8. The number of nitrogens with zero attached hydrogens (tertiary/aromatic N) is 5. The summed E-state index contributed by atoms with van der Waals surface area (Å²) in [5.41, 5.74) is 11.9. The Bertz CT molecular complexity index is 3920. The maximum absolute atomic E-state index is 5.31. The Hall–Kier alpha value is -8.19. The van der Waals surface area contributed by atoms with E-state index in [0.29, 0.717) is 17.5 Å². The third-order valence-corrected chi connectivity index (χ3v) is 13.5. The Morgan fingerprint density at radius 2 is 0.825 bits per heavy atom. The van der Waals surface area contributed by atoms with Gasteiger partial charge in [-0.05, 0) is 71.8 Å². The van der Waals surface area contributed by atoms with E-state index in [1.165, 1.54) is 63.9 Å². The summed E-state index contributed by atoms with van der Waals surface area (Å²) < 4.78 is 7.26. The van der Waals surface area contributed by atoms with Crippen molar-refractivity contribution >= 4 is 75.1 Å². The largest absolute Gasteiger partial charge is 0.309 e. The maximum Gasteiger partial charge on any atom is 0.166 e. The zero-order valence-electron chi connectivity index (χ0n) is 33.9. The number of aromatic nitrogens is 5. The Kier molecular flexibility index (Phi) is 8.01. The van der Waals surface area contributed by atoms with Crippen LogP contribution in [0.3, 0.4) is 0 Å². The van der Waals surface area contributed by atoms with Crippen molar-refractivity contribution in [2.45, 2.75) is 0 Å². The van der Waals surface area contributed by atoms with Crippen LogP contribution in [-0.2, 0) is 0 Å². The molecule has 9 aromatic carbocycles. The van der Waals surface area contributed by atoms with E-state index < -0.39 is 0 Å². The second kappa shape index (κ2) is 14.2. The highest BCUT2D eigenvalue weighted by atomic mass is 32.1. The molecule has 0 unspecified atom stereocenters. The zero-order valence-corrected chi connectivity index (χ0v) is 34.7. The molecule has 6 heteroatoms. The van der Waals surface area contributed by atoms with Crippen LogP contribution in [0, 0.1) is 0 Å². The molecule has 5 nitrogen and oxygen atoms in total. The van der Waals surface area contributed by atoms with Crippen LogP contribution in [0.25, 0.3) is 120 Å². The molecule has 0 amide bonds. The summed E-state index contributed by atoms with van der Waals surface area (Å²) >= 11 is 1.80. The van der Waals surface area contributed by atoms with Crippen LogP contribution in [0.15, 0.2) is 212 Å². The van der Waals surface area contributed by atoms with Crippen LogP contribution in [0.5, 0.6) is 0 Å². The van der Waals surface area contributed by atoms with Crippen LogP contribution in [0.1, 0.15) is 0 Å². The molecule has 0 aliphatic rings. The van der Waals surface area contributed by atoms with Gasteiger partial charge in [-0.2, -0.15) is 0 Å². The summed E-state index contributed by atoms with van der Waals surface area (Å²) in [6.45, 7) is 0. The summed E-state index contributed by atoms with van der Waals surface area (Å²) in [5, 5.41) is 7.35. The molecule has 0 saturated carbocycles. The van der Waals surface area contributed by atoms with E-state index in [9.17, 15) is 0 Å². The van der Waals surface area contributed by atoms with Gasteiger partial charge in [-0.25, -0.2) is 15.0 Å².